The van der Waals surface area contributed by atoms with Crippen molar-refractivity contribution in [3.63, 3.8) is 0 Å². The third-order valence-electron chi connectivity index (χ3n) is 5.08. The molecule has 1 aliphatic carbocycles. The van der Waals surface area contributed by atoms with Gasteiger partial charge in [-0.25, -0.2) is 0 Å². The Labute approximate surface area is 164 Å². The molecule has 0 unspecified atom stereocenters. The van der Waals surface area contributed by atoms with E-state index in [0.717, 1.165) is 42.8 Å². The predicted octanol–water partition coefficient (Wildman–Crippen LogP) is 4.10. The maximum atomic E-state index is 12.3. The minimum absolute atomic E-state index is 0.0279. The van der Waals surface area contributed by atoms with Gasteiger partial charge in [0.1, 0.15) is 0 Å². The molecule has 1 N–H and O–H groups in total. The predicted molar refractivity (Wildman–Crippen MR) is 109 cm³/mol. The fourth-order valence-corrected chi connectivity index (χ4v) is 4.29. The van der Waals surface area contributed by atoms with Crippen LogP contribution >= 0.6 is 11.8 Å². The Hall–Kier alpha value is -2.27. The summed E-state index contributed by atoms with van der Waals surface area (Å²) in [6, 6.07) is 16.2. The summed E-state index contributed by atoms with van der Waals surface area (Å²) in [6.45, 7) is 1.48. The molecule has 2 aliphatic rings. The Morgan fingerprint density at radius 2 is 1.89 bits per heavy atom. The Morgan fingerprint density at radius 3 is 2.67 bits per heavy atom. The molecule has 140 valence electrons. The normalized spacial score (nSPS) is 15.9. The summed E-state index contributed by atoms with van der Waals surface area (Å²) in [5, 5.41) is 3.00. The van der Waals surface area contributed by atoms with Gasteiger partial charge in [-0.15, -0.1) is 11.8 Å². The van der Waals surface area contributed by atoms with Gasteiger partial charge >= 0.3 is 0 Å². The van der Waals surface area contributed by atoms with Gasteiger partial charge in [0.15, 0.2) is 0 Å². The van der Waals surface area contributed by atoms with Crippen molar-refractivity contribution in [3.8, 4) is 0 Å². The number of hydrogen-bond donors (Lipinski definition) is 1. The monoisotopic (exact) mass is 380 g/mol. The van der Waals surface area contributed by atoms with E-state index in [9.17, 15) is 9.59 Å². The third-order valence-corrected chi connectivity index (χ3v) is 6.10. The van der Waals surface area contributed by atoms with Gasteiger partial charge < -0.3 is 10.2 Å². The van der Waals surface area contributed by atoms with E-state index in [2.05, 4.69) is 23.5 Å². The van der Waals surface area contributed by atoms with Crippen LogP contribution in [0.25, 0.3) is 0 Å². The highest BCUT2D eigenvalue weighted by atomic mass is 32.2. The number of amides is 2. The molecule has 2 aromatic carbocycles. The lowest BCUT2D eigenvalue weighted by molar-refractivity contribution is -0.133. The van der Waals surface area contributed by atoms with E-state index in [0.29, 0.717) is 18.9 Å². The fraction of sp³-hybridized carbons (Fsp3) is 0.364. The third kappa shape index (κ3) is 4.72. The molecule has 2 amide bonds. The number of carbonyl (C=O) groups is 2. The van der Waals surface area contributed by atoms with E-state index < -0.39 is 0 Å². The van der Waals surface area contributed by atoms with Crippen LogP contribution in [0.3, 0.4) is 0 Å². The number of nitrogens with zero attached hydrogens (tertiary/aromatic N) is 1. The molecule has 0 atom stereocenters. The number of rotatable bonds is 6. The molecule has 0 bridgehead atoms. The number of nitrogens with one attached hydrogen (secondary N) is 1. The van der Waals surface area contributed by atoms with Crippen LogP contribution in [0.4, 0.5) is 5.69 Å². The summed E-state index contributed by atoms with van der Waals surface area (Å²) in [5.41, 5.74) is 3.27. The second kappa shape index (κ2) is 8.17. The number of fused-ring (bicyclic) bond motifs is 1. The summed E-state index contributed by atoms with van der Waals surface area (Å²) in [6.07, 6.45) is 3.46. The average Bonchev–Trinajstić information content (AvgIpc) is 3.53. The summed E-state index contributed by atoms with van der Waals surface area (Å²) in [4.78, 5) is 27.7. The molecule has 0 saturated heterocycles. The summed E-state index contributed by atoms with van der Waals surface area (Å²) >= 11 is 1.69. The van der Waals surface area contributed by atoms with Crippen LogP contribution in [-0.2, 0) is 22.6 Å². The summed E-state index contributed by atoms with van der Waals surface area (Å²) in [5.74, 6) is 1.34. The van der Waals surface area contributed by atoms with E-state index in [1.165, 1.54) is 10.5 Å². The van der Waals surface area contributed by atoms with Crippen molar-refractivity contribution in [2.24, 2.45) is 5.92 Å². The second-order valence-electron chi connectivity index (χ2n) is 7.23. The van der Waals surface area contributed by atoms with Crippen LogP contribution in [0, 0.1) is 5.92 Å². The molecule has 1 heterocycles. The highest BCUT2D eigenvalue weighted by Gasteiger charge is 2.34. The van der Waals surface area contributed by atoms with Crippen molar-refractivity contribution in [1.29, 1.82) is 0 Å². The van der Waals surface area contributed by atoms with Gasteiger partial charge in [-0.1, -0.05) is 24.3 Å². The number of hydrogen-bond acceptors (Lipinski definition) is 3. The van der Waals surface area contributed by atoms with Crippen molar-refractivity contribution in [3.05, 3.63) is 59.7 Å². The first-order valence-corrected chi connectivity index (χ1v) is 10.6. The van der Waals surface area contributed by atoms with E-state index in [-0.39, 0.29) is 11.8 Å². The van der Waals surface area contributed by atoms with Crippen molar-refractivity contribution >= 4 is 29.3 Å². The summed E-state index contributed by atoms with van der Waals surface area (Å²) < 4.78 is 0. The van der Waals surface area contributed by atoms with Gasteiger partial charge in [-0.05, 0) is 54.7 Å². The molecular formula is C22H24N2O2S. The van der Waals surface area contributed by atoms with E-state index >= 15 is 0 Å². The molecule has 4 rings (SSSR count). The molecule has 0 aromatic heterocycles. The first-order chi connectivity index (χ1) is 13.2. The van der Waals surface area contributed by atoms with Gasteiger partial charge in [0.2, 0.25) is 11.8 Å². The van der Waals surface area contributed by atoms with Crippen molar-refractivity contribution in [2.45, 2.75) is 37.1 Å². The van der Waals surface area contributed by atoms with Gasteiger partial charge in [0.05, 0.1) is 0 Å². The van der Waals surface area contributed by atoms with Crippen LogP contribution in [0.1, 0.15) is 30.4 Å². The van der Waals surface area contributed by atoms with Gasteiger partial charge in [-0.3, -0.25) is 9.59 Å². The van der Waals surface area contributed by atoms with Crippen molar-refractivity contribution in [2.75, 3.05) is 17.6 Å². The molecule has 2 aromatic rings. The highest BCUT2D eigenvalue weighted by Crippen LogP contribution is 2.33. The highest BCUT2D eigenvalue weighted by molar-refractivity contribution is 7.99. The molecule has 1 fully saturated rings. The van der Waals surface area contributed by atoms with Crippen LogP contribution < -0.4 is 5.32 Å². The van der Waals surface area contributed by atoms with Gasteiger partial charge in [0, 0.05) is 41.8 Å². The SMILES string of the molecule is O=C(CCSc1ccccc1)Nc1ccc2c(c1)CN(C(=O)C1CC1)CC2. The lowest BCUT2D eigenvalue weighted by Gasteiger charge is -2.29. The first-order valence-electron chi connectivity index (χ1n) is 9.57. The van der Waals surface area contributed by atoms with E-state index in [1.54, 1.807) is 11.8 Å². The van der Waals surface area contributed by atoms with Crippen LogP contribution in [0.15, 0.2) is 53.4 Å². The molecule has 4 nitrogen and oxygen atoms in total. The Kier molecular flexibility index (Phi) is 5.48. The topological polar surface area (TPSA) is 49.4 Å². The average molecular weight is 381 g/mol. The zero-order valence-corrected chi connectivity index (χ0v) is 16.1. The smallest absolute Gasteiger partial charge is 0.225 e. The van der Waals surface area contributed by atoms with E-state index in [1.807, 2.05) is 35.2 Å². The first kappa shape index (κ1) is 18.1. The zero-order valence-electron chi connectivity index (χ0n) is 15.3. The Morgan fingerprint density at radius 1 is 1.07 bits per heavy atom. The molecule has 1 aliphatic heterocycles. The maximum Gasteiger partial charge on any atom is 0.225 e. The minimum Gasteiger partial charge on any atom is -0.338 e. The molecule has 1 saturated carbocycles. The number of carbonyl (C=O) groups excluding carboxylic acids is 2. The zero-order chi connectivity index (χ0) is 18.6. The standard InChI is InChI=1S/C22H24N2O2S/c25-21(11-13-27-20-4-2-1-3-5-20)23-19-9-8-16-10-12-24(15-18(16)14-19)22(26)17-6-7-17/h1-5,8-9,14,17H,6-7,10-13,15H2,(H,23,25). The lowest BCUT2D eigenvalue weighted by atomic mass is 9.98. The molecule has 0 radical (unpaired) electrons. The largest absolute Gasteiger partial charge is 0.338 e. The number of anilines is 1. The molecular weight excluding hydrogens is 356 g/mol. The Balaban J connectivity index is 1.31. The fourth-order valence-electron chi connectivity index (χ4n) is 3.41. The van der Waals surface area contributed by atoms with Crippen LogP contribution in [0.2, 0.25) is 0 Å². The van der Waals surface area contributed by atoms with Gasteiger partial charge in [-0.2, -0.15) is 0 Å². The quantitative estimate of drug-likeness (QED) is 0.768. The maximum absolute atomic E-state index is 12.3. The van der Waals surface area contributed by atoms with E-state index in [4.69, 9.17) is 0 Å². The number of benzene rings is 2. The number of thioether (sulfide) groups is 1. The van der Waals surface area contributed by atoms with Gasteiger partial charge in [0.25, 0.3) is 0 Å². The molecule has 27 heavy (non-hydrogen) atoms. The lowest BCUT2D eigenvalue weighted by Crippen LogP contribution is -2.36. The molecule has 0 spiro atoms. The van der Waals surface area contributed by atoms with Crippen LogP contribution in [-0.4, -0.2) is 29.0 Å². The van der Waals surface area contributed by atoms with Crippen molar-refractivity contribution in [1.82, 2.24) is 4.90 Å². The van der Waals surface area contributed by atoms with Crippen LogP contribution in [0.5, 0.6) is 0 Å². The second-order valence-corrected chi connectivity index (χ2v) is 8.40. The summed E-state index contributed by atoms with van der Waals surface area (Å²) in [7, 11) is 0. The van der Waals surface area contributed by atoms with Crippen molar-refractivity contribution < 1.29 is 9.59 Å². The molecule has 5 heteroatoms. The Bertz CT molecular complexity index is 833. The minimum atomic E-state index is 0.0279.